The topological polar surface area (TPSA) is 83.6 Å². The number of carbonyl (C=O) groups is 2. The Balaban J connectivity index is 1.69. The molecule has 2 amide bonds. The Morgan fingerprint density at radius 1 is 1.20 bits per heavy atom. The van der Waals surface area contributed by atoms with Crippen LogP contribution in [0.5, 0.6) is 0 Å². The van der Waals surface area contributed by atoms with E-state index in [1.54, 1.807) is 35.2 Å². The van der Waals surface area contributed by atoms with Crippen LogP contribution in [0.2, 0.25) is 5.02 Å². The monoisotopic (exact) mass is 448 g/mol. The predicted molar refractivity (Wildman–Crippen MR) is 119 cm³/mol. The third kappa shape index (κ3) is 4.68. The van der Waals surface area contributed by atoms with Gasteiger partial charge in [-0.3, -0.25) is 9.59 Å². The quantitative estimate of drug-likeness (QED) is 0.719. The second kappa shape index (κ2) is 8.78. The van der Waals surface area contributed by atoms with E-state index in [-0.39, 0.29) is 29.0 Å². The van der Waals surface area contributed by atoms with Crippen LogP contribution in [0.4, 0.5) is 11.4 Å². The molecule has 0 aromatic heterocycles. The van der Waals surface area contributed by atoms with E-state index in [4.69, 9.17) is 11.6 Å². The number of amides is 2. The van der Waals surface area contributed by atoms with Crippen LogP contribution in [-0.4, -0.2) is 32.0 Å². The van der Waals surface area contributed by atoms with E-state index < -0.39 is 15.7 Å². The van der Waals surface area contributed by atoms with Gasteiger partial charge in [0.2, 0.25) is 11.8 Å². The average Bonchev–Trinajstić information content (AvgIpc) is 3.03. The minimum Gasteiger partial charge on any atom is -0.326 e. The van der Waals surface area contributed by atoms with E-state index in [0.717, 1.165) is 16.8 Å². The van der Waals surface area contributed by atoms with Crippen molar-refractivity contribution in [2.45, 2.75) is 51.0 Å². The Bertz CT molecular complexity index is 1100. The van der Waals surface area contributed by atoms with Crippen molar-refractivity contribution in [3.8, 4) is 0 Å². The zero-order valence-electron chi connectivity index (χ0n) is 17.2. The number of rotatable bonds is 6. The van der Waals surface area contributed by atoms with Crippen LogP contribution in [0.1, 0.15) is 37.8 Å². The fourth-order valence-electron chi connectivity index (χ4n) is 3.59. The highest BCUT2D eigenvalue weighted by atomic mass is 35.5. The van der Waals surface area contributed by atoms with Gasteiger partial charge in [0.1, 0.15) is 0 Å². The van der Waals surface area contributed by atoms with E-state index in [1.807, 2.05) is 20.8 Å². The highest BCUT2D eigenvalue weighted by molar-refractivity contribution is 7.91. The smallest absolute Gasteiger partial charge is 0.226 e. The number of sulfone groups is 1. The highest BCUT2D eigenvalue weighted by Gasteiger charge is 2.31. The molecule has 0 fully saturated rings. The van der Waals surface area contributed by atoms with Crippen molar-refractivity contribution in [3.05, 3.63) is 52.5 Å². The first-order valence-corrected chi connectivity index (χ1v) is 11.9. The molecule has 0 aliphatic carbocycles. The molecule has 30 heavy (non-hydrogen) atoms. The number of anilines is 2. The normalized spacial score (nSPS) is 15.7. The number of aryl methyl sites for hydroxylation is 1. The molecule has 1 atom stereocenters. The Hall–Kier alpha value is -2.38. The lowest BCUT2D eigenvalue weighted by atomic mass is 10.1. The predicted octanol–water partition coefficient (Wildman–Crippen LogP) is 4.14. The summed E-state index contributed by atoms with van der Waals surface area (Å²) >= 11 is 6.05. The number of carbonyl (C=O) groups excluding carboxylic acids is 2. The molecule has 0 unspecified atom stereocenters. The van der Waals surface area contributed by atoms with Gasteiger partial charge in [0.05, 0.1) is 10.6 Å². The summed E-state index contributed by atoms with van der Waals surface area (Å²) in [5.74, 6) is -0.678. The van der Waals surface area contributed by atoms with Crippen molar-refractivity contribution in [1.29, 1.82) is 0 Å². The maximum absolute atomic E-state index is 12.8. The second-order valence-corrected chi connectivity index (χ2v) is 10.1. The highest BCUT2D eigenvalue weighted by Crippen LogP contribution is 2.34. The number of halogens is 1. The Morgan fingerprint density at radius 3 is 2.60 bits per heavy atom. The maximum Gasteiger partial charge on any atom is 0.226 e. The van der Waals surface area contributed by atoms with Gasteiger partial charge in [0.15, 0.2) is 9.84 Å². The Kier molecular flexibility index (Phi) is 6.53. The fourth-order valence-corrected chi connectivity index (χ4v) is 5.06. The van der Waals surface area contributed by atoms with E-state index in [2.05, 4.69) is 5.32 Å². The van der Waals surface area contributed by atoms with Crippen molar-refractivity contribution in [2.24, 2.45) is 0 Å². The number of fused-ring (bicyclic) bond motifs is 1. The summed E-state index contributed by atoms with van der Waals surface area (Å²) in [6.45, 7) is 5.61. The molecule has 0 saturated heterocycles. The number of hydrogen-bond donors (Lipinski definition) is 1. The number of nitrogens with one attached hydrogen (secondary N) is 1. The van der Waals surface area contributed by atoms with Gasteiger partial charge in [-0.1, -0.05) is 24.6 Å². The molecule has 3 rings (SSSR count). The van der Waals surface area contributed by atoms with Crippen molar-refractivity contribution < 1.29 is 18.0 Å². The van der Waals surface area contributed by atoms with Crippen LogP contribution in [0.25, 0.3) is 0 Å². The molecular formula is C22H25ClN2O4S. The Labute approximate surface area is 182 Å². The SMILES string of the molecule is CCC(=O)N1c2ccc(S(=O)(=O)CCC(=O)Nc3ccc(C)c(Cl)c3)cc2C[C@H]1C. The zero-order chi connectivity index (χ0) is 22.1. The molecule has 1 N–H and O–H groups in total. The third-order valence-corrected chi connectivity index (χ3v) is 7.37. The molecule has 6 nitrogen and oxygen atoms in total. The Morgan fingerprint density at radius 2 is 1.93 bits per heavy atom. The lowest BCUT2D eigenvalue weighted by molar-refractivity contribution is -0.118. The molecule has 0 bridgehead atoms. The number of benzene rings is 2. The van der Waals surface area contributed by atoms with Gasteiger partial charge in [0.25, 0.3) is 0 Å². The summed E-state index contributed by atoms with van der Waals surface area (Å²) in [4.78, 5) is 26.3. The molecule has 1 aliphatic heterocycles. The molecule has 1 heterocycles. The standard InChI is InChI=1S/C22H25ClN2O4S/c1-4-22(27)25-15(3)11-16-12-18(7-8-20(16)25)30(28,29)10-9-21(26)24-17-6-5-14(2)19(23)13-17/h5-8,12-13,15H,4,9-11H2,1-3H3,(H,24,26)/t15-/m1/s1. The molecule has 8 heteroatoms. The zero-order valence-corrected chi connectivity index (χ0v) is 18.8. The van der Waals surface area contributed by atoms with Crippen LogP contribution in [0.3, 0.4) is 0 Å². The summed E-state index contributed by atoms with van der Waals surface area (Å²) in [5.41, 5.74) is 3.02. The van der Waals surface area contributed by atoms with Crippen LogP contribution in [0.15, 0.2) is 41.3 Å². The van der Waals surface area contributed by atoms with Crippen molar-refractivity contribution in [1.82, 2.24) is 0 Å². The van der Waals surface area contributed by atoms with Gasteiger partial charge in [-0.05, 0) is 61.7 Å². The van der Waals surface area contributed by atoms with E-state index in [1.165, 1.54) is 6.07 Å². The molecular weight excluding hydrogens is 424 g/mol. The number of nitrogens with zero attached hydrogens (tertiary/aromatic N) is 1. The molecule has 0 saturated carbocycles. The van der Waals surface area contributed by atoms with Gasteiger partial charge in [-0.2, -0.15) is 0 Å². The third-order valence-electron chi connectivity index (χ3n) is 5.25. The molecule has 1 aliphatic rings. The summed E-state index contributed by atoms with van der Waals surface area (Å²) in [6.07, 6.45) is 0.839. The van der Waals surface area contributed by atoms with Gasteiger partial charge in [-0.15, -0.1) is 0 Å². The number of hydrogen-bond acceptors (Lipinski definition) is 4. The second-order valence-electron chi connectivity index (χ2n) is 7.54. The van der Waals surface area contributed by atoms with Crippen LogP contribution in [-0.2, 0) is 25.8 Å². The molecule has 0 spiro atoms. The van der Waals surface area contributed by atoms with Crippen LogP contribution in [0, 0.1) is 6.92 Å². The lowest BCUT2D eigenvalue weighted by Crippen LogP contribution is -2.35. The van der Waals surface area contributed by atoms with Gasteiger partial charge in [0, 0.05) is 35.3 Å². The first kappa shape index (κ1) is 22.3. The van der Waals surface area contributed by atoms with E-state index in [9.17, 15) is 18.0 Å². The first-order valence-electron chi connectivity index (χ1n) is 9.86. The summed E-state index contributed by atoms with van der Waals surface area (Å²) in [6, 6.07) is 9.96. The molecule has 160 valence electrons. The van der Waals surface area contributed by atoms with Crippen molar-refractivity contribution in [3.63, 3.8) is 0 Å². The van der Waals surface area contributed by atoms with Gasteiger partial charge >= 0.3 is 0 Å². The van der Waals surface area contributed by atoms with Gasteiger partial charge < -0.3 is 10.2 Å². The van der Waals surface area contributed by atoms with Crippen LogP contribution >= 0.6 is 11.6 Å². The van der Waals surface area contributed by atoms with Gasteiger partial charge in [-0.25, -0.2) is 8.42 Å². The van der Waals surface area contributed by atoms with Crippen molar-refractivity contribution in [2.75, 3.05) is 16.0 Å². The first-order chi connectivity index (χ1) is 14.1. The molecule has 2 aromatic rings. The van der Waals surface area contributed by atoms with E-state index >= 15 is 0 Å². The molecule has 0 radical (unpaired) electrons. The van der Waals surface area contributed by atoms with Crippen molar-refractivity contribution >= 4 is 44.6 Å². The largest absolute Gasteiger partial charge is 0.326 e. The molecule has 2 aromatic carbocycles. The minimum atomic E-state index is -3.64. The summed E-state index contributed by atoms with van der Waals surface area (Å²) in [5, 5.41) is 3.21. The average molecular weight is 449 g/mol. The maximum atomic E-state index is 12.8. The lowest BCUT2D eigenvalue weighted by Gasteiger charge is -2.22. The summed E-state index contributed by atoms with van der Waals surface area (Å²) in [7, 11) is -3.64. The van der Waals surface area contributed by atoms with E-state index in [0.29, 0.717) is 23.6 Å². The summed E-state index contributed by atoms with van der Waals surface area (Å²) < 4.78 is 25.5. The fraction of sp³-hybridized carbons (Fsp3) is 0.364. The van der Waals surface area contributed by atoms with Crippen LogP contribution < -0.4 is 10.2 Å². The minimum absolute atomic E-state index is 0.00230.